The number of benzene rings is 1. The number of hydrogen-bond acceptors (Lipinski definition) is 8. The van der Waals surface area contributed by atoms with E-state index in [1.807, 2.05) is 62.3 Å². The van der Waals surface area contributed by atoms with Gasteiger partial charge < -0.3 is 18.8 Å². The Balaban J connectivity index is 1.88. The minimum Gasteiger partial charge on any atom is -0.494 e. The number of allylic oxidation sites excluding steroid dienone is 1. The Kier molecular flexibility index (Phi) is 6.98. The number of thiazole rings is 1. The Morgan fingerprint density at radius 2 is 1.94 bits per heavy atom. The first-order chi connectivity index (χ1) is 16.7. The van der Waals surface area contributed by atoms with E-state index in [2.05, 4.69) is 4.99 Å². The molecule has 0 spiro atoms. The molecule has 0 saturated carbocycles. The molecular formula is C26H29N3O5S. The normalized spacial score (nSPS) is 15.7. The SMILES string of the molecule is CCOc1ccc([C@H]2C(C(=O)OC(C)C)=C(C)N=c3s/c(=C/c4ccc(N(C)C)o4)c(=O)n32)cc1. The topological polar surface area (TPSA) is 86.3 Å². The summed E-state index contributed by atoms with van der Waals surface area (Å²) in [5, 5.41) is 0. The molecule has 3 aromatic rings. The van der Waals surface area contributed by atoms with Crippen LogP contribution in [0, 0.1) is 0 Å². The number of carbonyl (C=O) groups excluding carboxylic acids is 1. The van der Waals surface area contributed by atoms with Crippen molar-refractivity contribution in [3.63, 3.8) is 0 Å². The van der Waals surface area contributed by atoms with Crippen LogP contribution in [0.25, 0.3) is 6.08 Å². The van der Waals surface area contributed by atoms with E-state index in [0.29, 0.717) is 44.6 Å². The summed E-state index contributed by atoms with van der Waals surface area (Å²) in [5.74, 6) is 1.47. The summed E-state index contributed by atoms with van der Waals surface area (Å²) in [7, 11) is 3.77. The predicted octanol–water partition coefficient (Wildman–Crippen LogP) is 3.24. The van der Waals surface area contributed by atoms with Crippen molar-refractivity contribution in [1.29, 1.82) is 0 Å². The molecule has 1 aliphatic heterocycles. The van der Waals surface area contributed by atoms with E-state index < -0.39 is 12.0 Å². The van der Waals surface area contributed by atoms with Crippen LogP contribution >= 0.6 is 11.3 Å². The van der Waals surface area contributed by atoms with Crippen molar-refractivity contribution >= 4 is 29.3 Å². The number of furan rings is 1. The van der Waals surface area contributed by atoms with Crippen molar-refractivity contribution in [2.24, 2.45) is 4.99 Å². The third kappa shape index (κ3) is 4.95. The van der Waals surface area contributed by atoms with E-state index in [9.17, 15) is 9.59 Å². The van der Waals surface area contributed by atoms with Crippen LogP contribution in [0.15, 0.2) is 61.9 Å². The van der Waals surface area contributed by atoms with E-state index >= 15 is 0 Å². The number of nitrogens with zero attached hydrogens (tertiary/aromatic N) is 3. The second-order valence-corrected chi connectivity index (χ2v) is 9.62. The largest absolute Gasteiger partial charge is 0.494 e. The molecule has 3 heterocycles. The number of carbonyl (C=O) groups is 1. The molecule has 0 aliphatic carbocycles. The van der Waals surface area contributed by atoms with Gasteiger partial charge in [0.15, 0.2) is 10.7 Å². The van der Waals surface area contributed by atoms with Crippen LogP contribution in [0.2, 0.25) is 0 Å². The van der Waals surface area contributed by atoms with E-state index in [1.54, 1.807) is 31.4 Å². The fourth-order valence-corrected chi connectivity index (χ4v) is 4.90. The number of rotatable bonds is 7. The fourth-order valence-electron chi connectivity index (χ4n) is 3.88. The van der Waals surface area contributed by atoms with E-state index in [1.165, 1.54) is 11.3 Å². The standard InChI is InChI=1S/C26H29N3O5S/c1-7-32-18-10-8-17(9-11-18)23-22(25(31)33-15(2)3)16(4)27-26-29(23)24(30)20(35-26)14-19-12-13-21(34-19)28(5)6/h8-15,23H,7H2,1-6H3/b20-14+/t23-/m0/s1. The van der Waals surface area contributed by atoms with Crippen LogP contribution in [-0.2, 0) is 9.53 Å². The zero-order valence-electron chi connectivity index (χ0n) is 20.7. The third-order valence-electron chi connectivity index (χ3n) is 5.42. The summed E-state index contributed by atoms with van der Waals surface area (Å²) < 4.78 is 18.9. The highest BCUT2D eigenvalue weighted by molar-refractivity contribution is 7.07. The zero-order chi connectivity index (χ0) is 25.3. The first kappa shape index (κ1) is 24.5. The molecule has 9 heteroatoms. The fraction of sp³-hybridized carbons (Fsp3) is 0.346. The van der Waals surface area contributed by atoms with Crippen LogP contribution in [0.1, 0.15) is 45.1 Å². The van der Waals surface area contributed by atoms with Gasteiger partial charge in [0.05, 0.1) is 34.6 Å². The molecular weight excluding hydrogens is 466 g/mol. The zero-order valence-corrected chi connectivity index (χ0v) is 21.5. The van der Waals surface area contributed by atoms with Crippen molar-refractivity contribution in [3.05, 3.63) is 78.7 Å². The predicted molar refractivity (Wildman–Crippen MR) is 136 cm³/mol. The Bertz CT molecular complexity index is 1440. The minimum atomic E-state index is -0.677. The maximum absolute atomic E-state index is 13.6. The number of ether oxygens (including phenoxy) is 2. The number of anilines is 1. The Hall–Kier alpha value is -3.59. The minimum absolute atomic E-state index is 0.252. The smallest absolute Gasteiger partial charge is 0.338 e. The molecule has 0 fully saturated rings. The van der Waals surface area contributed by atoms with Crippen LogP contribution in [-0.4, -0.2) is 37.3 Å². The van der Waals surface area contributed by atoms with Crippen LogP contribution in [0.3, 0.4) is 0 Å². The highest BCUT2D eigenvalue weighted by Crippen LogP contribution is 2.32. The van der Waals surface area contributed by atoms with Gasteiger partial charge in [0.2, 0.25) is 0 Å². The van der Waals surface area contributed by atoms with E-state index in [0.717, 1.165) is 5.56 Å². The molecule has 0 N–H and O–H groups in total. The van der Waals surface area contributed by atoms with Crippen LogP contribution in [0.4, 0.5) is 5.88 Å². The Labute approximate surface area is 207 Å². The Morgan fingerprint density at radius 3 is 2.54 bits per heavy atom. The van der Waals surface area contributed by atoms with Gasteiger partial charge in [0, 0.05) is 26.2 Å². The van der Waals surface area contributed by atoms with E-state index in [-0.39, 0.29) is 11.7 Å². The summed E-state index contributed by atoms with van der Waals surface area (Å²) in [5.41, 5.74) is 1.38. The van der Waals surface area contributed by atoms with Gasteiger partial charge in [-0.2, -0.15) is 0 Å². The molecule has 0 unspecified atom stereocenters. The molecule has 1 aliphatic rings. The van der Waals surface area contributed by atoms with Gasteiger partial charge in [-0.25, -0.2) is 9.79 Å². The number of esters is 1. The highest BCUT2D eigenvalue weighted by atomic mass is 32.1. The molecule has 0 saturated heterocycles. The summed E-state index contributed by atoms with van der Waals surface area (Å²) in [6, 6.07) is 10.4. The van der Waals surface area contributed by atoms with Crippen molar-refractivity contribution in [3.8, 4) is 5.75 Å². The second kappa shape index (κ2) is 9.95. The molecule has 1 aromatic carbocycles. The molecule has 184 valence electrons. The van der Waals surface area contributed by atoms with Crippen molar-refractivity contribution in [2.75, 3.05) is 25.6 Å². The van der Waals surface area contributed by atoms with Gasteiger partial charge in [-0.05, 0) is 51.5 Å². The lowest BCUT2D eigenvalue weighted by Gasteiger charge is -2.25. The molecule has 0 radical (unpaired) electrons. The molecule has 2 aromatic heterocycles. The lowest BCUT2D eigenvalue weighted by Crippen LogP contribution is -2.40. The van der Waals surface area contributed by atoms with Gasteiger partial charge in [0.1, 0.15) is 11.5 Å². The van der Waals surface area contributed by atoms with Crippen molar-refractivity contribution in [1.82, 2.24) is 4.57 Å². The lowest BCUT2D eigenvalue weighted by atomic mass is 9.96. The molecule has 0 bridgehead atoms. The van der Waals surface area contributed by atoms with E-state index in [4.69, 9.17) is 13.9 Å². The molecule has 4 rings (SSSR count). The van der Waals surface area contributed by atoms with Crippen LogP contribution < -0.4 is 24.5 Å². The van der Waals surface area contributed by atoms with Gasteiger partial charge in [-0.3, -0.25) is 9.36 Å². The Morgan fingerprint density at radius 1 is 1.23 bits per heavy atom. The number of aromatic nitrogens is 1. The lowest BCUT2D eigenvalue weighted by molar-refractivity contribution is -0.143. The molecule has 35 heavy (non-hydrogen) atoms. The third-order valence-corrected chi connectivity index (χ3v) is 6.40. The summed E-state index contributed by atoms with van der Waals surface area (Å²) in [4.78, 5) is 33.8. The van der Waals surface area contributed by atoms with Crippen LogP contribution in [0.5, 0.6) is 5.75 Å². The number of fused-ring (bicyclic) bond motifs is 1. The maximum atomic E-state index is 13.6. The first-order valence-electron chi connectivity index (χ1n) is 11.4. The average Bonchev–Trinajstić information content (AvgIpc) is 3.38. The maximum Gasteiger partial charge on any atom is 0.338 e. The average molecular weight is 496 g/mol. The monoisotopic (exact) mass is 495 g/mol. The first-order valence-corrected chi connectivity index (χ1v) is 12.2. The highest BCUT2D eigenvalue weighted by Gasteiger charge is 2.33. The van der Waals surface area contributed by atoms with Gasteiger partial charge >= 0.3 is 5.97 Å². The molecule has 1 atom stereocenters. The number of hydrogen-bond donors (Lipinski definition) is 0. The molecule has 8 nitrogen and oxygen atoms in total. The van der Waals surface area contributed by atoms with Crippen molar-refractivity contribution < 1.29 is 18.7 Å². The quantitative estimate of drug-likeness (QED) is 0.468. The second-order valence-electron chi connectivity index (χ2n) is 8.61. The van der Waals surface area contributed by atoms with Gasteiger partial charge in [-0.15, -0.1) is 0 Å². The summed E-state index contributed by atoms with van der Waals surface area (Å²) >= 11 is 1.26. The molecule has 0 amide bonds. The van der Waals surface area contributed by atoms with Gasteiger partial charge in [0.25, 0.3) is 5.56 Å². The summed E-state index contributed by atoms with van der Waals surface area (Å²) in [6.45, 7) is 7.81. The van der Waals surface area contributed by atoms with Gasteiger partial charge in [-0.1, -0.05) is 23.5 Å². The summed E-state index contributed by atoms with van der Waals surface area (Å²) in [6.07, 6.45) is 1.40. The van der Waals surface area contributed by atoms with Crippen molar-refractivity contribution in [2.45, 2.75) is 39.8 Å².